The lowest BCUT2D eigenvalue weighted by atomic mass is 9.85. The summed E-state index contributed by atoms with van der Waals surface area (Å²) >= 11 is 0. The third kappa shape index (κ3) is 4.00. The van der Waals surface area contributed by atoms with Crippen LogP contribution in [0.4, 0.5) is 0 Å². The molecule has 94 valence electrons. The van der Waals surface area contributed by atoms with Crippen LogP contribution in [0.3, 0.4) is 0 Å². The number of nitrogens with zero attached hydrogens (tertiary/aromatic N) is 1. The van der Waals surface area contributed by atoms with Crippen molar-refractivity contribution in [1.82, 2.24) is 0 Å². The molecular formula is C13H25NOS. The zero-order valence-electron chi connectivity index (χ0n) is 11.1. The Morgan fingerprint density at radius 3 is 2.25 bits per heavy atom. The van der Waals surface area contributed by atoms with Crippen LogP contribution in [0.5, 0.6) is 0 Å². The Bertz CT molecular complexity index is 272. The molecule has 0 saturated heterocycles. The molecule has 0 radical (unpaired) electrons. The van der Waals surface area contributed by atoms with Gasteiger partial charge < -0.3 is 0 Å². The van der Waals surface area contributed by atoms with Crippen LogP contribution in [0.25, 0.3) is 0 Å². The predicted octanol–water partition coefficient (Wildman–Crippen LogP) is 3.88. The summed E-state index contributed by atoms with van der Waals surface area (Å²) in [5.41, 5.74) is 1.19. The SMILES string of the molecule is CC/C(=N\[S@@](=O)C(C)(C)C)C1CCCCC1. The summed E-state index contributed by atoms with van der Waals surface area (Å²) in [6.45, 7) is 8.09. The Labute approximate surface area is 103 Å². The maximum Gasteiger partial charge on any atom is 0.144 e. The van der Waals surface area contributed by atoms with E-state index in [9.17, 15) is 4.21 Å². The van der Waals surface area contributed by atoms with Gasteiger partial charge in [0, 0.05) is 5.71 Å². The average molecular weight is 243 g/mol. The summed E-state index contributed by atoms with van der Waals surface area (Å²) in [5, 5.41) is 0. The van der Waals surface area contributed by atoms with E-state index < -0.39 is 11.0 Å². The summed E-state index contributed by atoms with van der Waals surface area (Å²) in [5.74, 6) is 0.602. The Kier molecular flexibility index (Phi) is 5.16. The third-order valence-electron chi connectivity index (χ3n) is 3.16. The first kappa shape index (κ1) is 13.9. The lowest BCUT2D eigenvalue weighted by Gasteiger charge is -2.23. The van der Waals surface area contributed by atoms with Gasteiger partial charge in [-0.25, -0.2) is 4.21 Å². The molecular weight excluding hydrogens is 218 g/mol. The molecule has 0 bridgehead atoms. The molecule has 1 aliphatic rings. The minimum absolute atomic E-state index is 0.227. The van der Waals surface area contributed by atoms with Gasteiger partial charge in [-0.2, -0.15) is 4.40 Å². The molecule has 2 nitrogen and oxygen atoms in total. The molecule has 0 unspecified atom stereocenters. The van der Waals surface area contributed by atoms with E-state index in [0.717, 1.165) is 6.42 Å². The molecule has 0 aromatic rings. The van der Waals surface area contributed by atoms with E-state index in [1.807, 2.05) is 20.8 Å². The van der Waals surface area contributed by atoms with Crippen LogP contribution in [-0.2, 0) is 11.0 Å². The fraction of sp³-hybridized carbons (Fsp3) is 0.923. The average Bonchev–Trinajstić information content (AvgIpc) is 2.25. The molecule has 0 aliphatic heterocycles. The topological polar surface area (TPSA) is 29.4 Å². The lowest BCUT2D eigenvalue weighted by Crippen LogP contribution is -2.24. The molecule has 0 heterocycles. The number of hydrogen-bond donors (Lipinski definition) is 0. The summed E-state index contributed by atoms with van der Waals surface area (Å²) in [6, 6.07) is 0. The summed E-state index contributed by atoms with van der Waals surface area (Å²) in [7, 11) is -1.08. The van der Waals surface area contributed by atoms with Gasteiger partial charge in [0.25, 0.3) is 0 Å². The molecule has 0 aromatic carbocycles. The van der Waals surface area contributed by atoms with Crippen molar-refractivity contribution in [3.8, 4) is 0 Å². The Morgan fingerprint density at radius 2 is 1.81 bits per heavy atom. The van der Waals surface area contributed by atoms with Gasteiger partial charge in [-0.15, -0.1) is 0 Å². The molecule has 1 fully saturated rings. The fourth-order valence-corrected chi connectivity index (χ4v) is 2.87. The van der Waals surface area contributed by atoms with E-state index in [1.165, 1.54) is 37.8 Å². The molecule has 0 amide bonds. The highest BCUT2D eigenvalue weighted by Crippen LogP contribution is 2.27. The van der Waals surface area contributed by atoms with Gasteiger partial charge in [0.1, 0.15) is 11.0 Å². The monoisotopic (exact) mass is 243 g/mol. The van der Waals surface area contributed by atoms with Crippen LogP contribution in [0.2, 0.25) is 0 Å². The summed E-state index contributed by atoms with van der Waals surface area (Å²) in [6.07, 6.45) is 7.42. The van der Waals surface area contributed by atoms with Crippen LogP contribution in [-0.4, -0.2) is 14.7 Å². The Balaban J connectivity index is 2.72. The zero-order chi connectivity index (χ0) is 12.2. The molecule has 0 aromatic heterocycles. The van der Waals surface area contributed by atoms with E-state index in [0.29, 0.717) is 5.92 Å². The number of hydrogen-bond acceptors (Lipinski definition) is 1. The number of rotatable bonds is 3. The van der Waals surface area contributed by atoms with Crippen LogP contribution >= 0.6 is 0 Å². The first-order valence-electron chi connectivity index (χ1n) is 6.44. The molecule has 1 aliphatic carbocycles. The first-order chi connectivity index (χ1) is 7.45. The highest BCUT2D eigenvalue weighted by atomic mass is 32.2. The van der Waals surface area contributed by atoms with E-state index in [-0.39, 0.29) is 4.75 Å². The van der Waals surface area contributed by atoms with Crippen molar-refractivity contribution in [3.63, 3.8) is 0 Å². The van der Waals surface area contributed by atoms with Crippen LogP contribution in [0.15, 0.2) is 4.40 Å². The predicted molar refractivity (Wildman–Crippen MR) is 72.2 cm³/mol. The second-order valence-electron chi connectivity index (χ2n) is 5.63. The summed E-state index contributed by atoms with van der Waals surface area (Å²) in [4.78, 5) is 0. The standard InChI is InChI=1S/C13H25NOS/c1-5-12(11-9-7-6-8-10-11)14-16(15)13(2,3)4/h11H,5-10H2,1-4H3/b14-12+/t16-/m0/s1. The van der Waals surface area contributed by atoms with Gasteiger partial charge in [-0.1, -0.05) is 26.2 Å². The van der Waals surface area contributed by atoms with Gasteiger partial charge >= 0.3 is 0 Å². The normalized spacial score (nSPS) is 22.1. The second-order valence-corrected chi connectivity index (χ2v) is 7.54. The summed E-state index contributed by atoms with van der Waals surface area (Å²) < 4.78 is 16.3. The van der Waals surface area contributed by atoms with Gasteiger partial charge in [0.05, 0.1) is 4.75 Å². The Morgan fingerprint density at radius 1 is 1.25 bits per heavy atom. The van der Waals surface area contributed by atoms with Crippen molar-refractivity contribution in [1.29, 1.82) is 0 Å². The zero-order valence-corrected chi connectivity index (χ0v) is 11.9. The maximum absolute atomic E-state index is 12.0. The van der Waals surface area contributed by atoms with Gasteiger partial charge in [0.2, 0.25) is 0 Å². The van der Waals surface area contributed by atoms with E-state index >= 15 is 0 Å². The highest BCUT2D eigenvalue weighted by molar-refractivity contribution is 7.85. The molecule has 1 saturated carbocycles. The maximum atomic E-state index is 12.0. The fourth-order valence-electron chi connectivity index (χ4n) is 2.11. The van der Waals surface area contributed by atoms with Crippen molar-refractivity contribution >= 4 is 16.7 Å². The minimum Gasteiger partial charge on any atom is -0.234 e. The molecule has 0 spiro atoms. The van der Waals surface area contributed by atoms with Crippen LogP contribution < -0.4 is 0 Å². The van der Waals surface area contributed by atoms with Gasteiger partial charge in [0.15, 0.2) is 0 Å². The molecule has 1 atom stereocenters. The largest absolute Gasteiger partial charge is 0.234 e. The Hall–Kier alpha value is -0.180. The van der Waals surface area contributed by atoms with Crippen molar-refractivity contribution in [3.05, 3.63) is 0 Å². The highest BCUT2D eigenvalue weighted by Gasteiger charge is 2.23. The van der Waals surface area contributed by atoms with Gasteiger partial charge in [-0.05, 0) is 46.0 Å². The lowest BCUT2D eigenvalue weighted by molar-refractivity contribution is 0.436. The quantitative estimate of drug-likeness (QED) is 0.692. The smallest absolute Gasteiger partial charge is 0.144 e. The van der Waals surface area contributed by atoms with Crippen LogP contribution in [0.1, 0.15) is 66.2 Å². The van der Waals surface area contributed by atoms with E-state index in [1.54, 1.807) is 0 Å². The molecule has 3 heteroatoms. The van der Waals surface area contributed by atoms with Crippen molar-refractivity contribution < 1.29 is 4.21 Å². The minimum atomic E-state index is -1.08. The van der Waals surface area contributed by atoms with Crippen molar-refractivity contribution in [2.75, 3.05) is 0 Å². The molecule has 16 heavy (non-hydrogen) atoms. The van der Waals surface area contributed by atoms with Crippen molar-refractivity contribution in [2.24, 2.45) is 10.3 Å². The van der Waals surface area contributed by atoms with Crippen molar-refractivity contribution in [2.45, 2.75) is 71.0 Å². The third-order valence-corrected chi connectivity index (χ3v) is 4.61. The first-order valence-corrected chi connectivity index (χ1v) is 7.55. The molecule has 0 N–H and O–H groups in total. The second kappa shape index (κ2) is 5.95. The van der Waals surface area contributed by atoms with E-state index in [2.05, 4.69) is 11.3 Å². The van der Waals surface area contributed by atoms with Gasteiger partial charge in [-0.3, -0.25) is 0 Å². The van der Waals surface area contributed by atoms with Crippen LogP contribution in [0, 0.1) is 5.92 Å². The molecule has 1 rings (SSSR count). The van der Waals surface area contributed by atoms with E-state index in [4.69, 9.17) is 0 Å².